The van der Waals surface area contributed by atoms with Gasteiger partial charge < -0.3 is 10.6 Å². The predicted octanol–water partition coefficient (Wildman–Crippen LogP) is 1.31. The van der Waals surface area contributed by atoms with Crippen LogP contribution in [0, 0.1) is 5.92 Å². The SMILES string of the molecule is CCC(C)CNCC(C)(C)N1CCNCC1. The zero-order valence-corrected chi connectivity index (χ0v) is 11.5. The average Bonchev–Trinajstić information content (AvgIpc) is 2.30. The summed E-state index contributed by atoms with van der Waals surface area (Å²) < 4.78 is 0. The van der Waals surface area contributed by atoms with Crippen molar-refractivity contribution in [2.24, 2.45) is 5.92 Å². The van der Waals surface area contributed by atoms with Gasteiger partial charge in [-0.05, 0) is 26.3 Å². The van der Waals surface area contributed by atoms with E-state index in [1.54, 1.807) is 0 Å². The van der Waals surface area contributed by atoms with Crippen molar-refractivity contribution in [2.45, 2.75) is 39.7 Å². The van der Waals surface area contributed by atoms with Crippen LogP contribution in [0.1, 0.15) is 34.1 Å². The van der Waals surface area contributed by atoms with Crippen LogP contribution in [-0.2, 0) is 0 Å². The molecule has 1 atom stereocenters. The first kappa shape index (κ1) is 13.9. The van der Waals surface area contributed by atoms with Crippen LogP contribution in [0.15, 0.2) is 0 Å². The lowest BCUT2D eigenvalue weighted by atomic mass is 10.0. The Hall–Kier alpha value is -0.120. The van der Waals surface area contributed by atoms with E-state index in [1.807, 2.05) is 0 Å². The van der Waals surface area contributed by atoms with Crippen molar-refractivity contribution in [1.29, 1.82) is 0 Å². The molecule has 1 heterocycles. The van der Waals surface area contributed by atoms with E-state index >= 15 is 0 Å². The molecule has 0 aromatic carbocycles. The summed E-state index contributed by atoms with van der Waals surface area (Å²) in [5, 5.41) is 7.02. The zero-order chi connectivity index (χ0) is 12.0. The van der Waals surface area contributed by atoms with Crippen LogP contribution in [0.2, 0.25) is 0 Å². The van der Waals surface area contributed by atoms with Crippen molar-refractivity contribution in [3.05, 3.63) is 0 Å². The Morgan fingerprint density at radius 3 is 2.50 bits per heavy atom. The van der Waals surface area contributed by atoms with Crippen LogP contribution >= 0.6 is 0 Å². The summed E-state index contributed by atoms with van der Waals surface area (Å²) in [5.74, 6) is 0.791. The first-order valence-corrected chi connectivity index (χ1v) is 6.72. The lowest BCUT2D eigenvalue weighted by Crippen LogP contribution is -2.57. The summed E-state index contributed by atoms with van der Waals surface area (Å²) >= 11 is 0. The highest BCUT2D eigenvalue weighted by atomic mass is 15.2. The van der Waals surface area contributed by atoms with E-state index < -0.39 is 0 Å². The number of hydrogen-bond acceptors (Lipinski definition) is 3. The van der Waals surface area contributed by atoms with Crippen LogP contribution in [0.4, 0.5) is 0 Å². The molecule has 0 spiro atoms. The van der Waals surface area contributed by atoms with Gasteiger partial charge in [0.05, 0.1) is 0 Å². The van der Waals surface area contributed by atoms with E-state index in [0.29, 0.717) is 0 Å². The highest BCUT2D eigenvalue weighted by Gasteiger charge is 2.27. The number of rotatable bonds is 6. The van der Waals surface area contributed by atoms with Crippen molar-refractivity contribution in [2.75, 3.05) is 39.3 Å². The Morgan fingerprint density at radius 2 is 1.94 bits per heavy atom. The van der Waals surface area contributed by atoms with Gasteiger partial charge in [-0.1, -0.05) is 20.3 Å². The monoisotopic (exact) mass is 227 g/mol. The van der Waals surface area contributed by atoms with Crippen LogP contribution in [0.25, 0.3) is 0 Å². The molecule has 1 saturated heterocycles. The fraction of sp³-hybridized carbons (Fsp3) is 1.00. The third-order valence-electron chi connectivity index (χ3n) is 3.72. The fourth-order valence-corrected chi connectivity index (χ4v) is 2.15. The topological polar surface area (TPSA) is 27.3 Å². The summed E-state index contributed by atoms with van der Waals surface area (Å²) in [6.45, 7) is 16.1. The highest BCUT2D eigenvalue weighted by Crippen LogP contribution is 2.14. The van der Waals surface area contributed by atoms with Gasteiger partial charge in [-0.2, -0.15) is 0 Å². The standard InChI is InChI=1S/C13H29N3/c1-5-12(2)10-15-11-13(3,4)16-8-6-14-7-9-16/h12,14-15H,5-11H2,1-4H3. The Balaban J connectivity index is 2.26. The summed E-state index contributed by atoms with van der Waals surface area (Å²) in [5.41, 5.74) is 0.287. The molecule has 3 nitrogen and oxygen atoms in total. The molecule has 1 rings (SSSR count). The molecule has 0 aromatic rings. The molecule has 2 N–H and O–H groups in total. The number of piperazine rings is 1. The number of nitrogens with one attached hydrogen (secondary N) is 2. The highest BCUT2D eigenvalue weighted by molar-refractivity contribution is 4.86. The molecule has 0 radical (unpaired) electrons. The lowest BCUT2D eigenvalue weighted by molar-refractivity contribution is 0.101. The van der Waals surface area contributed by atoms with Crippen LogP contribution in [0.3, 0.4) is 0 Å². The molecular formula is C13H29N3. The third-order valence-corrected chi connectivity index (χ3v) is 3.72. The largest absolute Gasteiger partial charge is 0.315 e. The van der Waals surface area contributed by atoms with E-state index in [9.17, 15) is 0 Å². The van der Waals surface area contributed by atoms with Crippen LogP contribution < -0.4 is 10.6 Å². The Bertz CT molecular complexity index is 186. The third kappa shape index (κ3) is 4.40. The molecular weight excluding hydrogens is 198 g/mol. The van der Waals surface area contributed by atoms with E-state index in [2.05, 4.69) is 43.2 Å². The van der Waals surface area contributed by atoms with Gasteiger partial charge in [0.15, 0.2) is 0 Å². The summed E-state index contributed by atoms with van der Waals surface area (Å²) in [6.07, 6.45) is 1.26. The van der Waals surface area contributed by atoms with Crippen molar-refractivity contribution in [3.8, 4) is 0 Å². The molecule has 96 valence electrons. The minimum absolute atomic E-state index is 0.287. The smallest absolute Gasteiger partial charge is 0.0278 e. The van der Waals surface area contributed by atoms with Crippen molar-refractivity contribution in [1.82, 2.24) is 15.5 Å². The van der Waals surface area contributed by atoms with Gasteiger partial charge in [-0.25, -0.2) is 0 Å². The first-order valence-electron chi connectivity index (χ1n) is 6.72. The maximum absolute atomic E-state index is 3.61. The quantitative estimate of drug-likeness (QED) is 0.716. The first-order chi connectivity index (χ1) is 7.56. The van der Waals surface area contributed by atoms with Gasteiger partial charge in [0, 0.05) is 38.3 Å². The molecule has 0 saturated carbocycles. The molecule has 0 aromatic heterocycles. The Kier molecular flexibility index (Phi) is 5.73. The average molecular weight is 227 g/mol. The second kappa shape index (κ2) is 6.58. The summed E-state index contributed by atoms with van der Waals surface area (Å²) in [4.78, 5) is 2.59. The molecule has 0 bridgehead atoms. The molecule has 0 aliphatic carbocycles. The van der Waals surface area contributed by atoms with E-state index in [-0.39, 0.29) is 5.54 Å². The van der Waals surface area contributed by atoms with Crippen LogP contribution in [0.5, 0.6) is 0 Å². The number of hydrogen-bond donors (Lipinski definition) is 2. The fourth-order valence-electron chi connectivity index (χ4n) is 2.15. The maximum Gasteiger partial charge on any atom is 0.0278 e. The lowest BCUT2D eigenvalue weighted by Gasteiger charge is -2.41. The predicted molar refractivity (Wildman–Crippen MR) is 70.8 cm³/mol. The van der Waals surface area contributed by atoms with Gasteiger partial charge >= 0.3 is 0 Å². The van der Waals surface area contributed by atoms with Gasteiger partial charge in [-0.15, -0.1) is 0 Å². The summed E-state index contributed by atoms with van der Waals surface area (Å²) in [6, 6.07) is 0. The molecule has 1 aliphatic rings. The Labute approximate surface area is 101 Å². The van der Waals surface area contributed by atoms with Gasteiger partial charge in [0.1, 0.15) is 0 Å². The molecule has 1 aliphatic heterocycles. The van der Waals surface area contributed by atoms with Crippen molar-refractivity contribution < 1.29 is 0 Å². The molecule has 1 unspecified atom stereocenters. The van der Waals surface area contributed by atoms with E-state index in [1.165, 1.54) is 19.5 Å². The van der Waals surface area contributed by atoms with Crippen LogP contribution in [-0.4, -0.2) is 49.7 Å². The van der Waals surface area contributed by atoms with Gasteiger partial charge in [0.25, 0.3) is 0 Å². The van der Waals surface area contributed by atoms with Crippen molar-refractivity contribution >= 4 is 0 Å². The van der Waals surface area contributed by atoms with E-state index in [0.717, 1.165) is 32.1 Å². The maximum atomic E-state index is 3.61. The summed E-state index contributed by atoms with van der Waals surface area (Å²) in [7, 11) is 0. The van der Waals surface area contributed by atoms with Gasteiger partial charge in [-0.3, -0.25) is 4.90 Å². The van der Waals surface area contributed by atoms with Crippen molar-refractivity contribution in [3.63, 3.8) is 0 Å². The second-order valence-corrected chi connectivity index (χ2v) is 5.69. The molecule has 0 amide bonds. The Morgan fingerprint density at radius 1 is 1.31 bits per heavy atom. The molecule has 16 heavy (non-hydrogen) atoms. The van der Waals surface area contributed by atoms with E-state index in [4.69, 9.17) is 0 Å². The normalized spacial score (nSPS) is 21.0. The molecule has 1 fully saturated rings. The number of nitrogens with zero attached hydrogens (tertiary/aromatic N) is 1. The second-order valence-electron chi connectivity index (χ2n) is 5.69. The molecule has 3 heteroatoms. The zero-order valence-electron chi connectivity index (χ0n) is 11.5. The van der Waals surface area contributed by atoms with Gasteiger partial charge in [0.2, 0.25) is 0 Å². The minimum Gasteiger partial charge on any atom is -0.315 e. The minimum atomic E-state index is 0.287.